The largest absolute Gasteiger partial charge is 0.436 e. The highest BCUT2D eigenvalue weighted by Crippen LogP contribution is 2.34. The third-order valence-electron chi connectivity index (χ3n) is 3.88. The van der Waals surface area contributed by atoms with E-state index in [4.69, 9.17) is 4.42 Å². The van der Waals surface area contributed by atoms with E-state index in [2.05, 4.69) is 20.9 Å². The first kappa shape index (κ1) is 15.5. The molecule has 0 aliphatic rings. The summed E-state index contributed by atoms with van der Waals surface area (Å²) in [6, 6.07) is 20.0. The molecule has 0 bridgehead atoms. The number of nitrogens with zero attached hydrogens (tertiary/aromatic N) is 2. The number of hydrogen-bond donors (Lipinski definition) is 0. The molecule has 1 heterocycles. The second kappa shape index (κ2) is 6.14. The van der Waals surface area contributed by atoms with Crippen LogP contribution in [-0.2, 0) is 0 Å². The summed E-state index contributed by atoms with van der Waals surface area (Å²) in [6.45, 7) is 0. The predicted octanol–water partition coefficient (Wildman–Crippen LogP) is 5.83. The molecule has 25 heavy (non-hydrogen) atoms. The van der Waals surface area contributed by atoms with E-state index in [1.54, 1.807) is 24.3 Å². The summed E-state index contributed by atoms with van der Waals surface area (Å²) in [5.41, 5.74) is 3.49. The summed E-state index contributed by atoms with van der Waals surface area (Å²) in [6.07, 6.45) is 0. The number of nitro groups is 1. The summed E-state index contributed by atoms with van der Waals surface area (Å²) >= 11 is 3.27. The predicted molar refractivity (Wildman–Crippen MR) is 99.2 cm³/mol. The molecule has 3 aromatic carbocycles. The van der Waals surface area contributed by atoms with Crippen LogP contribution < -0.4 is 0 Å². The zero-order valence-electron chi connectivity index (χ0n) is 12.8. The molecule has 6 heteroatoms. The highest BCUT2D eigenvalue weighted by atomic mass is 79.9. The van der Waals surface area contributed by atoms with E-state index in [-0.39, 0.29) is 10.6 Å². The first-order valence-corrected chi connectivity index (χ1v) is 8.31. The van der Waals surface area contributed by atoms with Crippen molar-refractivity contribution in [3.63, 3.8) is 0 Å². The third kappa shape index (κ3) is 2.92. The summed E-state index contributed by atoms with van der Waals surface area (Å²) < 4.78 is 6.45. The first-order valence-electron chi connectivity index (χ1n) is 7.52. The highest BCUT2D eigenvalue weighted by molar-refractivity contribution is 9.10. The van der Waals surface area contributed by atoms with Crippen LogP contribution in [0.1, 0.15) is 0 Å². The number of oxazole rings is 1. The molecule has 0 saturated heterocycles. The lowest BCUT2D eigenvalue weighted by atomic mass is 10.0. The summed E-state index contributed by atoms with van der Waals surface area (Å²) in [5.74, 6) is 0.526. The van der Waals surface area contributed by atoms with Gasteiger partial charge >= 0.3 is 0 Å². The number of halogens is 1. The number of rotatable bonds is 3. The lowest BCUT2D eigenvalue weighted by Gasteiger charge is -2.03. The Bertz CT molecular complexity index is 1090. The maximum Gasteiger partial charge on any atom is 0.278 e. The summed E-state index contributed by atoms with van der Waals surface area (Å²) in [7, 11) is 0. The Morgan fingerprint density at radius 1 is 0.960 bits per heavy atom. The van der Waals surface area contributed by atoms with Crippen LogP contribution in [0.15, 0.2) is 75.6 Å². The molecule has 0 N–H and O–H groups in total. The van der Waals surface area contributed by atoms with Gasteiger partial charge in [-0.2, -0.15) is 0 Å². The molecule has 0 unspecified atom stereocenters. The minimum Gasteiger partial charge on any atom is -0.436 e. The zero-order valence-corrected chi connectivity index (χ0v) is 14.4. The van der Waals surface area contributed by atoms with Crippen molar-refractivity contribution < 1.29 is 9.34 Å². The van der Waals surface area contributed by atoms with Crippen molar-refractivity contribution >= 4 is 32.7 Å². The fourth-order valence-corrected chi connectivity index (χ4v) is 3.05. The van der Waals surface area contributed by atoms with E-state index in [9.17, 15) is 10.1 Å². The molecule has 4 aromatic rings. The number of nitro benzene ring substituents is 1. The maximum atomic E-state index is 11.4. The van der Waals surface area contributed by atoms with Gasteiger partial charge in [-0.3, -0.25) is 10.1 Å². The van der Waals surface area contributed by atoms with E-state index in [1.807, 2.05) is 36.4 Å². The van der Waals surface area contributed by atoms with Crippen molar-refractivity contribution in [3.05, 3.63) is 81.3 Å². The van der Waals surface area contributed by atoms with E-state index < -0.39 is 0 Å². The lowest BCUT2D eigenvalue weighted by Crippen LogP contribution is -1.92. The van der Waals surface area contributed by atoms with E-state index in [0.717, 1.165) is 11.1 Å². The van der Waals surface area contributed by atoms with Crippen LogP contribution in [0, 0.1) is 10.1 Å². The Morgan fingerprint density at radius 3 is 2.52 bits per heavy atom. The zero-order chi connectivity index (χ0) is 17.4. The minimum absolute atomic E-state index is 0.0421. The third-order valence-corrected chi connectivity index (χ3v) is 4.37. The first-order chi connectivity index (χ1) is 12.1. The molecule has 0 saturated carbocycles. The second-order valence-corrected chi connectivity index (χ2v) is 6.40. The molecule has 5 nitrogen and oxygen atoms in total. The Labute approximate surface area is 151 Å². The monoisotopic (exact) mass is 394 g/mol. The molecular formula is C19H11BrN2O3. The molecule has 1 aromatic heterocycles. The maximum absolute atomic E-state index is 11.4. The Kier molecular flexibility index (Phi) is 3.82. The molecule has 0 spiro atoms. The van der Waals surface area contributed by atoms with Gasteiger partial charge in [-0.1, -0.05) is 40.2 Å². The van der Waals surface area contributed by atoms with Gasteiger partial charge in [-0.25, -0.2) is 4.98 Å². The van der Waals surface area contributed by atoms with Gasteiger partial charge in [0.1, 0.15) is 5.52 Å². The Hall–Kier alpha value is -2.99. The van der Waals surface area contributed by atoms with E-state index in [1.165, 1.54) is 6.07 Å². The van der Waals surface area contributed by atoms with Crippen LogP contribution in [0.3, 0.4) is 0 Å². The minimum atomic E-state index is -0.386. The quantitative estimate of drug-likeness (QED) is 0.323. The lowest BCUT2D eigenvalue weighted by molar-refractivity contribution is -0.384. The van der Waals surface area contributed by atoms with Crippen molar-refractivity contribution in [2.75, 3.05) is 0 Å². The molecular weight excluding hydrogens is 384 g/mol. The van der Waals surface area contributed by atoms with Crippen molar-refractivity contribution in [1.29, 1.82) is 0 Å². The topological polar surface area (TPSA) is 69.2 Å². The van der Waals surface area contributed by atoms with Gasteiger partial charge in [-0.15, -0.1) is 0 Å². The fourth-order valence-electron chi connectivity index (χ4n) is 2.70. The standard InChI is InChI=1S/C19H11BrN2O3/c20-14-7-8-15(17(11-14)22(23)24)13-6-9-18-16(10-13)21-19(25-18)12-4-2-1-3-5-12/h1-11H. The summed E-state index contributed by atoms with van der Waals surface area (Å²) in [4.78, 5) is 15.5. The summed E-state index contributed by atoms with van der Waals surface area (Å²) in [5, 5.41) is 11.4. The van der Waals surface area contributed by atoms with Gasteiger partial charge in [-0.05, 0) is 42.0 Å². The second-order valence-electron chi connectivity index (χ2n) is 5.49. The number of fused-ring (bicyclic) bond motifs is 1. The SMILES string of the molecule is O=[N+]([O-])c1cc(Br)ccc1-c1ccc2oc(-c3ccccc3)nc2c1. The number of hydrogen-bond acceptors (Lipinski definition) is 4. The highest BCUT2D eigenvalue weighted by Gasteiger charge is 2.17. The van der Waals surface area contributed by atoms with Gasteiger partial charge < -0.3 is 4.42 Å². The average molecular weight is 395 g/mol. The van der Waals surface area contributed by atoms with Gasteiger partial charge in [0.05, 0.1) is 10.5 Å². The normalized spacial score (nSPS) is 10.9. The Morgan fingerprint density at radius 2 is 1.76 bits per heavy atom. The van der Waals surface area contributed by atoms with Crippen LogP contribution in [0.4, 0.5) is 5.69 Å². The van der Waals surface area contributed by atoms with Crippen molar-refractivity contribution in [1.82, 2.24) is 4.98 Å². The van der Waals surface area contributed by atoms with Crippen LogP contribution in [-0.4, -0.2) is 9.91 Å². The molecule has 0 amide bonds. The molecule has 0 atom stereocenters. The van der Waals surface area contributed by atoms with Gasteiger partial charge in [0, 0.05) is 16.1 Å². The molecule has 0 fully saturated rings. The molecule has 0 radical (unpaired) electrons. The fraction of sp³-hybridized carbons (Fsp3) is 0. The van der Waals surface area contributed by atoms with Crippen molar-refractivity contribution in [2.45, 2.75) is 0 Å². The number of aromatic nitrogens is 1. The van der Waals surface area contributed by atoms with Gasteiger partial charge in [0.2, 0.25) is 5.89 Å². The number of benzene rings is 3. The smallest absolute Gasteiger partial charge is 0.278 e. The molecule has 0 aliphatic carbocycles. The average Bonchev–Trinajstić information content (AvgIpc) is 3.05. The van der Waals surface area contributed by atoms with Gasteiger partial charge in [0.15, 0.2) is 5.58 Å². The van der Waals surface area contributed by atoms with Crippen molar-refractivity contribution in [2.24, 2.45) is 0 Å². The van der Waals surface area contributed by atoms with Crippen LogP contribution >= 0.6 is 15.9 Å². The van der Waals surface area contributed by atoms with Crippen molar-refractivity contribution in [3.8, 4) is 22.6 Å². The van der Waals surface area contributed by atoms with E-state index in [0.29, 0.717) is 27.0 Å². The Balaban J connectivity index is 1.84. The van der Waals surface area contributed by atoms with Crippen LogP contribution in [0.2, 0.25) is 0 Å². The molecule has 122 valence electrons. The van der Waals surface area contributed by atoms with Crippen LogP contribution in [0.5, 0.6) is 0 Å². The van der Waals surface area contributed by atoms with Crippen LogP contribution in [0.25, 0.3) is 33.7 Å². The molecule has 4 rings (SSSR count). The molecule has 0 aliphatic heterocycles. The van der Waals surface area contributed by atoms with Gasteiger partial charge in [0.25, 0.3) is 5.69 Å². The van der Waals surface area contributed by atoms with E-state index >= 15 is 0 Å².